The second-order valence-electron chi connectivity index (χ2n) is 19.1. The van der Waals surface area contributed by atoms with E-state index in [2.05, 4.69) is 13.0 Å². The Bertz CT molecular complexity index is 1570. The van der Waals surface area contributed by atoms with Gasteiger partial charge in [0.2, 0.25) is 0 Å². The number of rotatable bonds is 14. The van der Waals surface area contributed by atoms with Crippen LogP contribution < -0.4 is 0 Å². The average Bonchev–Trinajstić information content (AvgIpc) is 3.61. The van der Waals surface area contributed by atoms with E-state index in [9.17, 15) is 58.9 Å². The normalized spacial score (nSPS) is 49.4. The van der Waals surface area contributed by atoms with Gasteiger partial charge in [-0.1, -0.05) is 46.8 Å². The second-order valence-corrected chi connectivity index (χ2v) is 20.2. The van der Waals surface area contributed by atoms with Crippen molar-refractivity contribution in [1.29, 1.82) is 0 Å². The molecule has 10 N–H and O–H groups in total. The summed E-state index contributed by atoms with van der Waals surface area (Å²) in [5.41, 5.74) is -3.09. The number of aliphatic hydroxyl groups is 9. The molecule has 6 aliphatic rings. The molecular formula is C40H68O18S. The SMILES string of the molecule is CO[C@H]1[C@H](O[C@H]2[C@H](OC[C@@H](/C=C/[C@@H](C)[C@H]3C[C@@H](O)[C@@H]4[C@]3(C)CC[C@@H]3[C@@]5(C)CC[C@H](O)[C@H](O)[C@@H]5[C@@H](OS(=O)(=O)O)C[C@]34O)C(C)C)O[C@@H]([C@H](O)CO)[C@@H]2O)OC[C@@H](O)[C@@H]1O. The molecule has 2 aliphatic heterocycles. The number of aliphatic hydroxyl groups excluding tert-OH is 8. The monoisotopic (exact) mass is 868 g/mol. The molecule has 22 atom stereocenters. The van der Waals surface area contributed by atoms with Crippen LogP contribution in [0.15, 0.2) is 12.2 Å². The zero-order valence-electron chi connectivity index (χ0n) is 34.7. The van der Waals surface area contributed by atoms with E-state index < -0.39 is 131 Å². The molecule has 0 amide bonds. The third kappa shape index (κ3) is 8.81. The number of hydrogen-bond donors (Lipinski definition) is 10. The topological polar surface area (TPSA) is 292 Å². The molecule has 6 fully saturated rings. The molecule has 18 nitrogen and oxygen atoms in total. The maximum atomic E-state index is 12.8. The van der Waals surface area contributed by atoms with E-state index in [4.69, 9.17) is 27.9 Å². The largest absolute Gasteiger partial charge is 0.397 e. The molecule has 6 rings (SSSR count). The Balaban J connectivity index is 1.18. The molecule has 19 heteroatoms. The van der Waals surface area contributed by atoms with Crippen molar-refractivity contribution in [3.8, 4) is 0 Å². The Labute approximate surface area is 346 Å². The molecule has 0 bridgehead atoms. The molecule has 0 unspecified atom stereocenters. The summed E-state index contributed by atoms with van der Waals surface area (Å²) < 4.78 is 68.2. The van der Waals surface area contributed by atoms with E-state index in [1.807, 2.05) is 33.8 Å². The van der Waals surface area contributed by atoms with E-state index >= 15 is 0 Å². The van der Waals surface area contributed by atoms with E-state index in [0.29, 0.717) is 25.7 Å². The summed E-state index contributed by atoms with van der Waals surface area (Å²) in [4.78, 5) is 0. The summed E-state index contributed by atoms with van der Waals surface area (Å²) in [7, 11) is -3.70. The van der Waals surface area contributed by atoms with Gasteiger partial charge in [-0.2, -0.15) is 8.42 Å². The van der Waals surface area contributed by atoms with Gasteiger partial charge in [-0.15, -0.1) is 0 Å². The fourth-order valence-corrected chi connectivity index (χ4v) is 12.9. The fraction of sp³-hybridized carbons (Fsp3) is 0.950. The lowest BCUT2D eigenvalue weighted by atomic mass is 9.41. The molecule has 0 aromatic carbocycles. The first kappa shape index (κ1) is 47.5. The third-order valence-corrected chi connectivity index (χ3v) is 15.9. The van der Waals surface area contributed by atoms with Crippen LogP contribution >= 0.6 is 0 Å². The summed E-state index contributed by atoms with van der Waals surface area (Å²) >= 11 is 0. The van der Waals surface area contributed by atoms with Crippen molar-refractivity contribution in [3.63, 3.8) is 0 Å². The Hall–Kier alpha value is -0.950. The van der Waals surface area contributed by atoms with Crippen LogP contribution in [0.3, 0.4) is 0 Å². The standard InChI is InChI=1S/C40H68O18S/c1-18(2)20(16-54-37-34(31(48)32(56-37)24(44)15-41)57-36-33(53-6)30(47)25(45)17-55-36)8-7-19(3)21-13-23(43)35-38(21,4)12-10-27-39(5)11-9-22(42)29(46)28(39)26(14-40(27,35)49)58-59(50,51)52/h7-8,18-37,41-49H,9-17H2,1-6H3,(H,50,51,52)/b8-7+/t19-,20-,21-,22+,23-,24-,25-,26+,27-,28+,29+,30+,31+,32+,33-,34-,35-,36+,37-,38-,39-,40+/m1/s1. The van der Waals surface area contributed by atoms with Crippen LogP contribution in [0.2, 0.25) is 0 Å². The van der Waals surface area contributed by atoms with Gasteiger partial charge in [-0.3, -0.25) is 4.55 Å². The Morgan fingerprint density at radius 2 is 1.56 bits per heavy atom. The van der Waals surface area contributed by atoms with Crippen molar-refractivity contribution in [2.75, 3.05) is 26.9 Å². The molecule has 0 aromatic rings. The second kappa shape index (κ2) is 17.9. The van der Waals surface area contributed by atoms with Crippen molar-refractivity contribution in [2.45, 2.75) is 158 Å². The van der Waals surface area contributed by atoms with Crippen molar-refractivity contribution in [3.05, 3.63) is 12.2 Å². The number of hydrogen-bond acceptors (Lipinski definition) is 17. The number of ether oxygens (including phenoxy) is 5. The highest BCUT2D eigenvalue weighted by molar-refractivity contribution is 7.80. The lowest BCUT2D eigenvalue weighted by Gasteiger charge is -2.66. The van der Waals surface area contributed by atoms with Gasteiger partial charge in [-0.25, -0.2) is 4.18 Å². The summed E-state index contributed by atoms with van der Waals surface area (Å²) in [6.07, 6.45) is -10.5. The highest BCUT2D eigenvalue weighted by Gasteiger charge is 2.72. The Morgan fingerprint density at radius 1 is 0.881 bits per heavy atom. The molecule has 2 heterocycles. The van der Waals surface area contributed by atoms with E-state index in [1.54, 1.807) is 0 Å². The van der Waals surface area contributed by atoms with Crippen LogP contribution in [0.25, 0.3) is 0 Å². The van der Waals surface area contributed by atoms with Gasteiger partial charge in [0.1, 0.15) is 42.7 Å². The van der Waals surface area contributed by atoms with Crippen molar-refractivity contribution >= 4 is 10.4 Å². The lowest BCUT2D eigenvalue weighted by molar-refractivity contribution is -0.308. The average molecular weight is 869 g/mol. The highest BCUT2D eigenvalue weighted by Crippen LogP contribution is 2.70. The van der Waals surface area contributed by atoms with Crippen LogP contribution in [-0.4, -0.2) is 171 Å². The van der Waals surface area contributed by atoms with Crippen LogP contribution in [0.5, 0.6) is 0 Å². The maximum Gasteiger partial charge on any atom is 0.397 e. The first-order chi connectivity index (χ1) is 27.5. The number of methoxy groups -OCH3 is 1. The van der Waals surface area contributed by atoms with E-state index in [0.717, 1.165) is 0 Å². The van der Waals surface area contributed by atoms with Gasteiger partial charge in [0.15, 0.2) is 12.6 Å². The van der Waals surface area contributed by atoms with Gasteiger partial charge in [0.25, 0.3) is 0 Å². The van der Waals surface area contributed by atoms with E-state index in [1.165, 1.54) is 7.11 Å². The number of fused-ring (bicyclic) bond motifs is 5. The molecule has 4 aliphatic carbocycles. The van der Waals surface area contributed by atoms with Gasteiger partial charge < -0.3 is 69.6 Å². The van der Waals surface area contributed by atoms with Crippen LogP contribution in [0, 0.1) is 52.3 Å². The maximum absolute atomic E-state index is 12.8. The minimum atomic E-state index is -5.00. The van der Waals surface area contributed by atoms with Gasteiger partial charge in [0, 0.05) is 31.3 Å². The van der Waals surface area contributed by atoms with Crippen LogP contribution in [0.4, 0.5) is 0 Å². The quantitative estimate of drug-likeness (QED) is 0.0760. The van der Waals surface area contributed by atoms with Gasteiger partial charge in [-0.05, 0) is 66.6 Å². The highest BCUT2D eigenvalue weighted by atomic mass is 32.3. The number of allylic oxidation sites excluding steroid dienone is 1. The summed E-state index contributed by atoms with van der Waals surface area (Å²) in [5.74, 6) is -2.44. The van der Waals surface area contributed by atoms with Crippen molar-refractivity contribution in [2.24, 2.45) is 52.3 Å². The summed E-state index contributed by atoms with van der Waals surface area (Å²) in [5, 5.41) is 98.2. The predicted octanol–water partition coefficient (Wildman–Crippen LogP) is -0.741. The molecular weight excluding hydrogens is 800 g/mol. The first-order valence-electron chi connectivity index (χ1n) is 21.0. The van der Waals surface area contributed by atoms with Crippen molar-refractivity contribution in [1.82, 2.24) is 0 Å². The van der Waals surface area contributed by atoms with Crippen LogP contribution in [0.1, 0.15) is 73.1 Å². The Kier molecular flexibility index (Phi) is 14.4. The molecule has 342 valence electrons. The van der Waals surface area contributed by atoms with Gasteiger partial charge >= 0.3 is 10.4 Å². The Morgan fingerprint density at radius 3 is 2.19 bits per heavy atom. The molecule has 59 heavy (non-hydrogen) atoms. The predicted molar refractivity (Wildman–Crippen MR) is 205 cm³/mol. The molecule has 0 spiro atoms. The molecule has 4 saturated carbocycles. The third-order valence-electron chi connectivity index (χ3n) is 15.4. The lowest BCUT2D eigenvalue weighted by Crippen LogP contribution is -2.71. The van der Waals surface area contributed by atoms with Gasteiger partial charge in [0.05, 0.1) is 49.8 Å². The van der Waals surface area contributed by atoms with Crippen molar-refractivity contribution < 1.29 is 86.8 Å². The minimum Gasteiger partial charge on any atom is -0.394 e. The zero-order chi connectivity index (χ0) is 43.6. The molecule has 0 aromatic heterocycles. The summed E-state index contributed by atoms with van der Waals surface area (Å²) in [6, 6.07) is 0. The zero-order valence-corrected chi connectivity index (χ0v) is 35.5. The van der Waals surface area contributed by atoms with Crippen LogP contribution in [-0.2, 0) is 38.3 Å². The fourth-order valence-electron chi connectivity index (χ4n) is 12.4. The van der Waals surface area contributed by atoms with E-state index in [-0.39, 0.29) is 49.7 Å². The first-order valence-corrected chi connectivity index (χ1v) is 22.4. The minimum absolute atomic E-state index is 0.0350. The summed E-state index contributed by atoms with van der Waals surface area (Å²) in [6.45, 7) is 9.07. The smallest absolute Gasteiger partial charge is 0.394 e. The molecule has 0 radical (unpaired) electrons. The molecule has 2 saturated heterocycles.